The highest BCUT2D eigenvalue weighted by Crippen LogP contribution is 2.23. The minimum Gasteiger partial charge on any atom is -0.393 e. The number of rotatable bonds is 5. The van der Waals surface area contributed by atoms with E-state index in [9.17, 15) is 5.11 Å². The SMILES string of the molecule is Cc1cccc(-c2ccc(CN3CCn4nc([C@H](O)CO)cc4C3)cc2)c1. The first-order chi connectivity index (χ1) is 13.1. The average Bonchev–Trinajstić information content (AvgIpc) is 3.11. The van der Waals surface area contributed by atoms with E-state index in [1.54, 1.807) is 0 Å². The van der Waals surface area contributed by atoms with E-state index in [1.165, 1.54) is 22.3 Å². The number of fused-ring (bicyclic) bond motifs is 1. The normalized spacial score (nSPS) is 15.5. The third-order valence-corrected chi connectivity index (χ3v) is 5.12. The summed E-state index contributed by atoms with van der Waals surface area (Å²) >= 11 is 0. The molecule has 0 saturated heterocycles. The lowest BCUT2D eigenvalue weighted by molar-refractivity contribution is 0.0915. The van der Waals surface area contributed by atoms with Gasteiger partial charge in [0.1, 0.15) is 6.10 Å². The van der Waals surface area contributed by atoms with Crippen LogP contribution in [0.25, 0.3) is 11.1 Å². The molecule has 0 aliphatic carbocycles. The van der Waals surface area contributed by atoms with E-state index < -0.39 is 6.10 Å². The minimum atomic E-state index is -0.897. The lowest BCUT2D eigenvalue weighted by Gasteiger charge is -2.27. The molecule has 0 amide bonds. The van der Waals surface area contributed by atoms with Crippen LogP contribution in [0.2, 0.25) is 0 Å². The molecule has 140 valence electrons. The molecule has 4 rings (SSSR count). The van der Waals surface area contributed by atoms with Gasteiger partial charge in [-0.05, 0) is 29.7 Å². The van der Waals surface area contributed by atoms with Crippen LogP contribution in [0.3, 0.4) is 0 Å². The van der Waals surface area contributed by atoms with Crippen molar-refractivity contribution in [2.75, 3.05) is 13.2 Å². The Morgan fingerprint density at radius 2 is 1.85 bits per heavy atom. The van der Waals surface area contributed by atoms with Gasteiger partial charge >= 0.3 is 0 Å². The first-order valence-electron chi connectivity index (χ1n) is 9.36. The second-order valence-corrected chi connectivity index (χ2v) is 7.26. The number of aryl methyl sites for hydroxylation is 1. The maximum Gasteiger partial charge on any atom is 0.121 e. The van der Waals surface area contributed by atoms with E-state index in [0.29, 0.717) is 5.69 Å². The van der Waals surface area contributed by atoms with Crippen molar-refractivity contribution in [3.05, 3.63) is 77.1 Å². The van der Waals surface area contributed by atoms with Gasteiger partial charge in [-0.2, -0.15) is 5.10 Å². The molecule has 0 saturated carbocycles. The highest BCUT2D eigenvalue weighted by Gasteiger charge is 2.20. The maximum atomic E-state index is 9.78. The van der Waals surface area contributed by atoms with Crippen LogP contribution in [0, 0.1) is 6.92 Å². The number of nitrogens with zero attached hydrogens (tertiary/aromatic N) is 3. The molecule has 0 fully saturated rings. The fourth-order valence-electron chi connectivity index (χ4n) is 3.62. The van der Waals surface area contributed by atoms with Gasteiger partial charge in [-0.3, -0.25) is 9.58 Å². The van der Waals surface area contributed by atoms with Crippen LogP contribution in [-0.4, -0.2) is 38.0 Å². The van der Waals surface area contributed by atoms with Crippen molar-refractivity contribution in [3.8, 4) is 11.1 Å². The van der Waals surface area contributed by atoms with Crippen molar-refractivity contribution in [2.45, 2.75) is 32.7 Å². The summed E-state index contributed by atoms with van der Waals surface area (Å²) in [6.07, 6.45) is -0.897. The topological polar surface area (TPSA) is 61.5 Å². The molecule has 0 unspecified atom stereocenters. The van der Waals surface area contributed by atoms with Crippen molar-refractivity contribution in [1.29, 1.82) is 0 Å². The van der Waals surface area contributed by atoms with Gasteiger partial charge in [-0.25, -0.2) is 0 Å². The van der Waals surface area contributed by atoms with Gasteiger partial charge in [0, 0.05) is 19.6 Å². The summed E-state index contributed by atoms with van der Waals surface area (Å²) in [7, 11) is 0. The molecular formula is C22H25N3O2. The molecule has 0 bridgehead atoms. The Morgan fingerprint density at radius 1 is 1.04 bits per heavy atom. The van der Waals surface area contributed by atoms with Crippen LogP contribution >= 0.6 is 0 Å². The minimum absolute atomic E-state index is 0.298. The van der Waals surface area contributed by atoms with Crippen LogP contribution in [-0.2, 0) is 19.6 Å². The number of hydrogen-bond acceptors (Lipinski definition) is 4. The lowest BCUT2D eigenvalue weighted by atomic mass is 10.0. The quantitative estimate of drug-likeness (QED) is 0.732. The first kappa shape index (κ1) is 17.9. The largest absolute Gasteiger partial charge is 0.393 e. The zero-order chi connectivity index (χ0) is 18.8. The summed E-state index contributed by atoms with van der Waals surface area (Å²) in [5, 5.41) is 23.3. The molecule has 2 heterocycles. The zero-order valence-electron chi connectivity index (χ0n) is 15.5. The summed E-state index contributed by atoms with van der Waals surface area (Å²) < 4.78 is 1.94. The zero-order valence-corrected chi connectivity index (χ0v) is 15.5. The molecular weight excluding hydrogens is 338 g/mol. The van der Waals surface area contributed by atoms with E-state index >= 15 is 0 Å². The highest BCUT2D eigenvalue weighted by atomic mass is 16.3. The summed E-state index contributed by atoms with van der Waals surface area (Å²) in [6.45, 7) is 5.22. The Kier molecular flexibility index (Phi) is 5.07. The predicted octanol–water partition coefficient (Wildman–Crippen LogP) is 2.90. The van der Waals surface area contributed by atoms with Crippen LogP contribution in [0.15, 0.2) is 54.6 Å². The molecule has 2 N–H and O–H groups in total. The summed E-state index contributed by atoms with van der Waals surface area (Å²) in [6, 6.07) is 19.2. The number of aliphatic hydroxyl groups is 2. The van der Waals surface area contributed by atoms with Crippen molar-refractivity contribution in [2.24, 2.45) is 0 Å². The summed E-state index contributed by atoms with van der Waals surface area (Å²) in [4.78, 5) is 2.38. The molecule has 5 heteroatoms. The first-order valence-corrected chi connectivity index (χ1v) is 9.36. The van der Waals surface area contributed by atoms with Gasteiger partial charge < -0.3 is 10.2 Å². The lowest BCUT2D eigenvalue weighted by Crippen LogP contribution is -2.33. The van der Waals surface area contributed by atoms with Crippen LogP contribution in [0.4, 0.5) is 0 Å². The monoisotopic (exact) mass is 363 g/mol. The molecule has 0 spiro atoms. The van der Waals surface area contributed by atoms with Gasteiger partial charge in [0.25, 0.3) is 0 Å². The van der Waals surface area contributed by atoms with Crippen molar-refractivity contribution < 1.29 is 10.2 Å². The number of aliphatic hydroxyl groups excluding tert-OH is 2. The molecule has 3 aromatic rings. The Balaban J connectivity index is 1.43. The van der Waals surface area contributed by atoms with E-state index in [4.69, 9.17) is 5.11 Å². The van der Waals surface area contributed by atoms with Gasteiger partial charge in [0.05, 0.1) is 24.5 Å². The van der Waals surface area contributed by atoms with Gasteiger partial charge in [0.15, 0.2) is 0 Å². The molecule has 1 atom stereocenters. The fourth-order valence-corrected chi connectivity index (χ4v) is 3.62. The Labute approximate surface area is 159 Å². The van der Waals surface area contributed by atoms with E-state index in [-0.39, 0.29) is 6.61 Å². The van der Waals surface area contributed by atoms with Gasteiger partial charge in [-0.1, -0.05) is 54.1 Å². The molecule has 2 aromatic carbocycles. The third kappa shape index (κ3) is 3.95. The van der Waals surface area contributed by atoms with E-state index in [1.807, 2.05) is 10.7 Å². The average molecular weight is 363 g/mol. The van der Waals surface area contributed by atoms with Crippen LogP contribution in [0.1, 0.15) is 28.6 Å². The van der Waals surface area contributed by atoms with Crippen molar-refractivity contribution in [3.63, 3.8) is 0 Å². The standard InChI is InChI=1S/C22H25N3O2/c1-16-3-2-4-19(11-16)18-7-5-17(6-8-18)13-24-9-10-25-20(14-24)12-21(23-25)22(27)15-26/h2-8,11-12,22,26-27H,9-10,13-15H2,1H3/t22-/m1/s1. The molecule has 5 nitrogen and oxygen atoms in total. The number of aromatic nitrogens is 2. The summed E-state index contributed by atoms with van der Waals surface area (Å²) in [5.41, 5.74) is 6.68. The molecule has 27 heavy (non-hydrogen) atoms. The van der Waals surface area contributed by atoms with E-state index in [0.717, 1.165) is 31.9 Å². The number of hydrogen-bond donors (Lipinski definition) is 2. The van der Waals surface area contributed by atoms with Crippen LogP contribution < -0.4 is 0 Å². The fraction of sp³-hybridized carbons (Fsp3) is 0.318. The summed E-state index contributed by atoms with van der Waals surface area (Å²) in [5.74, 6) is 0. The number of benzene rings is 2. The molecule has 0 radical (unpaired) electrons. The Hall–Kier alpha value is -2.47. The van der Waals surface area contributed by atoms with Gasteiger partial charge in [0.2, 0.25) is 0 Å². The second-order valence-electron chi connectivity index (χ2n) is 7.26. The molecule has 1 aliphatic rings. The maximum absolute atomic E-state index is 9.78. The predicted molar refractivity (Wildman–Crippen MR) is 105 cm³/mol. The van der Waals surface area contributed by atoms with E-state index in [2.05, 4.69) is 65.5 Å². The van der Waals surface area contributed by atoms with Gasteiger partial charge in [-0.15, -0.1) is 0 Å². The van der Waals surface area contributed by atoms with Crippen molar-refractivity contribution >= 4 is 0 Å². The second kappa shape index (κ2) is 7.64. The highest BCUT2D eigenvalue weighted by molar-refractivity contribution is 5.64. The van der Waals surface area contributed by atoms with Crippen LogP contribution in [0.5, 0.6) is 0 Å². The molecule has 1 aliphatic heterocycles. The molecule has 1 aromatic heterocycles. The smallest absolute Gasteiger partial charge is 0.121 e. The Morgan fingerprint density at radius 3 is 2.59 bits per heavy atom. The Bertz CT molecular complexity index is 918. The third-order valence-electron chi connectivity index (χ3n) is 5.12. The van der Waals surface area contributed by atoms with Crippen molar-refractivity contribution in [1.82, 2.24) is 14.7 Å².